The molecule has 102 valence electrons. The molecule has 0 aliphatic heterocycles. The van der Waals surface area contributed by atoms with Gasteiger partial charge in [-0.05, 0) is 18.2 Å². The zero-order valence-corrected chi connectivity index (χ0v) is 11.6. The monoisotopic (exact) mass is 267 g/mol. The number of anilines is 1. The van der Waals surface area contributed by atoms with E-state index in [0.29, 0.717) is 0 Å². The van der Waals surface area contributed by atoms with Crippen molar-refractivity contribution in [3.05, 3.63) is 54.1 Å². The Kier molecular flexibility index (Phi) is 3.20. The minimum absolute atomic E-state index is 0.0279. The van der Waals surface area contributed by atoms with Crippen LogP contribution in [0, 0.1) is 0 Å². The third-order valence-electron chi connectivity index (χ3n) is 3.42. The van der Waals surface area contributed by atoms with Gasteiger partial charge in [-0.3, -0.25) is 0 Å². The molecule has 2 aromatic carbocycles. The van der Waals surface area contributed by atoms with E-state index in [4.69, 9.17) is 4.42 Å². The highest BCUT2D eigenvalue weighted by atomic mass is 16.3. The van der Waals surface area contributed by atoms with Gasteiger partial charge in [0.2, 0.25) is 0 Å². The van der Waals surface area contributed by atoms with Crippen LogP contribution in [0.4, 0.5) is 5.69 Å². The van der Waals surface area contributed by atoms with Crippen LogP contribution in [0.2, 0.25) is 0 Å². The molecule has 3 nitrogen and oxygen atoms in total. The zero-order chi connectivity index (χ0) is 14.1. The van der Waals surface area contributed by atoms with Crippen LogP contribution in [-0.4, -0.2) is 19.2 Å². The van der Waals surface area contributed by atoms with Crippen molar-refractivity contribution in [1.82, 2.24) is 0 Å². The van der Waals surface area contributed by atoms with Crippen LogP contribution in [0.25, 0.3) is 22.3 Å². The lowest BCUT2D eigenvalue weighted by Crippen LogP contribution is -2.08. The Balaban J connectivity index is 2.20. The molecule has 3 heteroatoms. The Morgan fingerprint density at radius 3 is 2.45 bits per heavy atom. The van der Waals surface area contributed by atoms with Gasteiger partial charge in [-0.15, -0.1) is 0 Å². The molecule has 20 heavy (non-hydrogen) atoms. The largest absolute Gasteiger partial charge is 0.456 e. The Labute approximate surface area is 118 Å². The first-order chi connectivity index (χ1) is 9.69. The summed E-state index contributed by atoms with van der Waals surface area (Å²) >= 11 is 0. The van der Waals surface area contributed by atoms with Crippen LogP contribution in [0.1, 0.15) is 5.56 Å². The summed E-state index contributed by atoms with van der Waals surface area (Å²) < 4.78 is 5.93. The minimum atomic E-state index is -0.0279. The lowest BCUT2D eigenvalue weighted by Gasteiger charge is -2.13. The van der Waals surface area contributed by atoms with E-state index in [1.165, 1.54) is 0 Å². The number of hydrogen-bond acceptors (Lipinski definition) is 3. The maximum absolute atomic E-state index is 9.54. The van der Waals surface area contributed by atoms with Gasteiger partial charge in [-0.1, -0.05) is 30.3 Å². The summed E-state index contributed by atoms with van der Waals surface area (Å²) in [6.45, 7) is -0.0279. The molecule has 0 aliphatic rings. The number of aliphatic hydroxyl groups excluding tert-OH is 1. The fourth-order valence-corrected chi connectivity index (χ4v) is 2.33. The lowest BCUT2D eigenvalue weighted by atomic mass is 10.1. The molecular formula is C17H17NO2. The minimum Gasteiger partial charge on any atom is -0.456 e. The van der Waals surface area contributed by atoms with Crippen LogP contribution in [-0.2, 0) is 6.61 Å². The van der Waals surface area contributed by atoms with E-state index in [1.807, 2.05) is 61.5 Å². The van der Waals surface area contributed by atoms with Crippen molar-refractivity contribution < 1.29 is 9.52 Å². The standard InChI is InChI=1S/C17H17NO2/c1-18(2)15-8-13-10-16(12-6-4-3-5-7-12)20-17(13)14(9-15)11-19/h3-10,19H,11H2,1-2H3. The molecule has 1 heterocycles. The maximum atomic E-state index is 9.54. The van der Waals surface area contributed by atoms with E-state index in [0.717, 1.165) is 33.5 Å². The summed E-state index contributed by atoms with van der Waals surface area (Å²) in [7, 11) is 3.97. The molecule has 0 saturated heterocycles. The molecule has 0 fully saturated rings. The van der Waals surface area contributed by atoms with Crippen LogP contribution in [0.3, 0.4) is 0 Å². The number of hydrogen-bond donors (Lipinski definition) is 1. The fourth-order valence-electron chi connectivity index (χ4n) is 2.33. The molecule has 0 bridgehead atoms. The van der Waals surface area contributed by atoms with Gasteiger partial charge in [0.25, 0.3) is 0 Å². The van der Waals surface area contributed by atoms with Crippen molar-refractivity contribution in [2.45, 2.75) is 6.61 Å². The van der Waals surface area contributed by atoms with Crippen LogP contribution < -0.4 is 4.90 Å². The summed E-state index contributed by atoms with van der Waals surface area (Å²) in [5.74, 6) is 0.825. The molecule has 0 saturated carbocycles. The van der Waals surface area contributed by atoms with Crippen molar-refractivity contribution in [3.8, 4) is 11.3 Å². The predicted molar refractivity (Wildman–Crippen MR) is 81.9 cm³/mol. The fraction of sp³-hybridized carbons (Fsp3) is 0.176. The topological polar surface area (TPSA) is 36.6 Å². The van der Waals surface area contributed by atoms with Gasteiger partial charge >= 0.3 is 0 Å². The molecule has 3 rings (SSSR count). The Bertz CT molecular complexity index is 729. The highest BCUT2D eigenvalue weighted by Crippen LogP contribution is 2.32. The van der Waals surface area contributed by atoms with Crippen molar-refractivity contribution in [2.24, 2.45) is 0 Å². The summed E-state index contributed by atoms with van der Waals surface area (Å²) in [4.78, 5) is 2.02. The average molecular weight is 267 g/mol. The van der Waals surface area contributed by atoms with E-state index in [-0.39, 0.29) is 6.61 Å². The van der Waals surface area contributed by atoms with Gasteiger partial charge in [-0.2, -0.15) is 0 Å². The zero-order valence-electron chi connectivity index (χ0n) is 11.6. The molecule has 0 unspecified atom stereocenters. The van der Waals surface area contributed by atoms with Crippen molar-refractivity contribution >= 4 is 16.7 Å². The molecule has 3 aromatic rings. The molecule has 0 amide bonds. The molecule has 0 radical (unpaired) electrons. The van der Waals surface area contributed by atoms with E-state index in [9.17, 15) is 5.11 Å². The Morgan fingerprint density at radius 2 is 1.80 bits per heavy atom. The van der Waals surface area contributed by atoms with E-state index in [1.54, 1.807) is 0 Å². The van der Waals surface area contributed by atoms with E-state index in [2.05, 4.69) is 6.07 Å². The van der Waals surface area contributed by atoms with Crippen molar-refractivity contribution in [3.63, 3.8) is 0 Å². The molecular weight excluding hydrogens is 250 g/mol. The maximum Gasteiger partial charge on any atom is 0.140 e. The van der Waals surface area contributed by atoms with Crippen molar-refractivity contribution in [1.29, 1.82) is 0 Å². The molecule has 0 aliphatic carbocycles. The summed E-state index contributed by atoms with van der Waals surface area (Å²) in [6, 6.07) is 16.0. The SMILES string of the molecule is CN(C)c1cc(CO)c2oc(-c3ccccc3)cc2c1. The van der Waals surface area contributed by atoms with Gasteiger partial charge in [0.1, 0.15) is 11.3 Å². The molecule has 1 N–H and O–H groups in total. The smallest absolute Gasteiger partial charge is 0.140 e. The van der Waals surface area contributed by atoms with Crippen LogP contribution in [0.15, 0.2) is 52.9 Å². The molecule has 0 spiro atoms. The third-order valence-corrected chi connectivity index (χ3v) is 3.42. The summed E-state index contributed by atoms with van der Waals surface area (Å²) in [5, 5.41) is 10.6. The van der Waals surface area contributed by atoms with Crippen LogP contribution >= 0.6 is 0 Å². The second-order valence-electron chi connectivity index (χ2n) is 5.05. The third kappa shape index (κ3) is 2.17. The highest BCUT2D eigenvalue weighted by molar-refractivity contribution is 5.88. The number of fused-ring (bicyclic) bond motifs is 1. The van der Waals surface area contributed by atoms with Gasteiger partial charge in [0.05, 0.1) is 6.61 Å². The summed E-state index contributed by atoms with van der Waals surface area (Å²) in [5.41, 5.74) is 3.67. The number of rotatable bonds is 3. The van der Waals surface area contributed by atoms with Gasteiger partial charge in [0.15, 0.2) is 0 Å². The lowest BCUT2D eigenvalue weighted by molar-refractivity contribution is 0.282. The van der Waals surface area contributed by atoms with Gasteiger partial charge in [0, 0.05) is 36.3 Å². The van der Waals surface area contributed by atoms with Crippen LogP contribution in [0.5, 0.6) is 0 Å². The second kappa shape index (κ2) is 5.02. The first-order valence-electron chi connectivity index (χ1n) is 6.59. The molecule has 1 aromatic heterocycles. The number of benzene rings is 2. The first kappa shape index (κ1) is 12.8. The number of nitrogens with zero attached hydrogens (tertiary/aromatic N) is 1. The normalized spacial score (nSPS) is 10.9. The Hall–Kier alpha value is -2.26. The first-order valence-corrected chi connectivity index (χ1v) is 6.59. The molecule has 0 atom stereocenters. The Morgan fingerprint density at radius 1 is 1.05 bits per heavy atom. The van der Waals surface area contributed by atoms with Gasteiger partial charge < -0.3 is 14.4 Å². The average Bonchev–Trinajstić information content (AvgIpc) is 2.91. The second-order valence-corrected chi connectivity index (χ2v) is 5.05. The van der Waals surface area contributed by atoms with E-state index >= 15 is 0 Å². The predicted octanol–water partition coefficient (Wildman–Crippen LogP) is 3.66. The number of furan rings is 1. The summed E-state index contributed by atoms with van der Waals surface area (Å²) in [6.07, 6.45) is 0. The highest BCUT2D eigenvalue weighted by Gasteiger charge is 2.12. The quantitative estimate of drug-likeness (QED) is 0.786. The van der Waals surface area contributed by atoms with Crippen molar-refractivity contribution in [2.75, 3.05) is 19.0 Å². The van der Waals surface area contributed by atoms with Gasteiger partial charge in [-0.25, -0.2) is 0 Å². The number of aliphatic hydroxyl groups is 1. The van der Waals surface area contributed by atoms with E-state index < -0.39 is 0 Å².